The molecule has 0 rings (SSSR count). The summed E-state index contributed by atoms with van der Waals surface area (Å²) in [4.78, 5) is 58.4. The summed E-state index contributed by atoms with van der Waals surface area (Å²) in [5.41, 5.74) is 0. The number of carbonyl (C=O) groups excluding carboxylic acids is 3. The molecule has 0 radical (unpaired) electrons. The van der Waals surface area contributed by atoms with Gasteiger partial charge in [0, 0.05) is 19.3 Å². The predicted molar refractivity (Wildman–Crippen MR) is 371 cm³/mol. The molecule has 0 heterocycles. The molecule has 0 fully saturated rings. The molecule has 0 aliphatic carbocycles. The first kappa shape index (κ1) is 87.2. The summed E-state index contributed by atoms with van der Waals surface area (Å²) in [7, 11) is -9.79. The molecule has 16 nitrogen and oxygen atoms in total. The second-order valence-electron chi connectivity index (χ2n) is 23.3. The lowest BCUT2D eigenvalue weighted by Crippen LogP contribution is -2.30. The van der Waals surface area contributed by atoms with E-state index >= 15 is 0 Å². The molecule has 524 valence electrons. The lowest BCUT2D eigenvalue weighted by molar-refractivity contribution is -0.161. The number of aliphatic hydroxyl groups excluding tert-OH is 2. The van der Waals surface area contributed by atoms with Crippen LogP contribution in [0, 0.1) is 0 Å². The van der Waals surface area contributed by atoms with Crippen molar-refractivity contribution in [1.29, 1.82) is 0 Å². The van der Waals surface area contributed by atoms with E-state index in [0.717, 1.165) is 173 Å². The summed E-state index contributed by atoms with van der Waals surface area (Å²) in [6.07, 6.45) is 74.2. The van der Waals surface area contributed by atoms with E-state index in [2.05, 4.69) is 130 Å². The third kappa shape index (κ3) is 67.4. The fourth-order valence-electron chi connectivity index (χ4n) is 9.07. The molecular formula is C73H126O16P2. The number of hydrogen-bond acceptors (Lipinski definition) is 14. The van der Waals surface area contributed by atoms with Crippen LogP contribution in [-0.2, 0) is 55.8 Å². The van der Waals surface area contributed by atoms with Gasteiger partial charge in [0.25, 0.3) is 0 Å². The van der Waals surface area contributed by atoms with Crippen molar-refractivity contribution in [3.05, 3.63) is 109 Å². The zero-order chi connectivity index (χ0) is 66.7. The summed E-state index contributed by atoms with van der Waals surface area (Å²) < 4.78 is 60.9. The van der Waals surface area contributed by atoms with Gasteiger partial charge in [0.15, 0.2) is 6.10 Å². The maximum Gasteiger partial charge on any atom is 0.472 e. The standard InChI is InChI=1S/C73H126O16P2/c1-4-7-10-13-16-19-22-25-27-29-31-32-33-34-36-38-39-42-44-47-50-53-56-59-71(76)83-62-68(74)63-85-90(79,80)86-64-69(75)65-87-91(81,82)88-67-70(89-73(78)61-58-55-52-49-46-41-24-21-18-15-12-9-6-3)66-84-72(77)60-57-54-51-48-45-43-40-37-35-30-28-26-23-20-17-14-11-8-5-2/h7,10,16-17,19-21,24-28,31-32,34-37,68-70,74-75H,4-6,8-9,11-15,18,22-23,29-30,33,38-67H2,1-3H3,(H,79,80)(H,81,82)/b10-7-,19-16-,20-17-,24-21-,27-25-,28-26-,32-31-,36-34-,37-35-. The van der Waals surface area contributed by atoms with Crippen LogP contribution in [0.3, 0.4) is 0 Å². The number of aliphatic hydroxyl groups is 2. The van der Waals surface area contributed by atoms with Gasteiger partial charge in [0.1, 0.15) is 25.4 Å². The second kappa shape index (κ2) is 66.2. The second-order valence-corrected chi connectivity index (χ2v) is 26.2. The van der Waals surface area contributed by atoms with Crippen molar-refractivity contribution in [2.75, 3.05) is 39.6 Å². The van der Waals surface area contributed by atoms with E-state index in [1.807, 2.05) is 0 Å². The van der Waals surface area contributed by atoms with Gasteiger partial charge < -0.3 is 34.2 Å². The van der Waals surface area contributed by atoms with E-state index in [-0.39, 0.29) is 19.3 Å². The minimum atomic E-state index is -4.93. The van der Waals surface area contributed by atoms with Crippen LogP contribution in [0.4, 0.5) is 0 Å². The van der Waals surface area contributed by atoms with Crippen LogP contribution >= 0.6 is 15.6 Å². The quantitative estimate of drug-likeness (QED) is 0.0146. The molecule has 0 aromatic rings. The maximum atomic E-state index is 12.9. The third-order valence-corrected chi connectivity index (χ3v) is 16.4. The number of rotatable bonds is 66. The average Bonchev–Trinajstić information content (AvgIpc) is 3.74. The molecule has 0 aliphatic rings. The number of phosphoric acid groups is 2. The highest BCUT2D eigenvalue weighted by molar-refractivity contribution is 7.47. The fourth-order valence-corrected chi connectivity index (χ4v) is 10.7. The Morgan fingerprint density at radius 3 is 0.956 bits per heavy atom. The molecule has 5 atom stereocenters. The summed E-state index contributed by atoms with van der Waals surface area (Å²) in [6, 6.07) is 0. The topological polar surface area (TPSA) is 231 Å². The summed E-state index contributed by atoms with van der Waals surface area (Å²) >= 11 is 0. The van der Waals surface area contributed by atoms with Crippen LogP contribution in [0.15, 0.2) is 109 Å². The van der Waals surface area contributed by atoms with Gasteiger partial charge >= 0.3 is 33.6 Å². The van der Waals surface area contributed by atoms with Gasteiger partial charge in [-0.2, -0.15) is 0 Å². The highest BCUT2D eigenvalue weighted by atomic mass is 31.2. The van der Waals surface area contributed by atoms with Crippen molar-refractivity contribution in [1.82, 2.24) is 0 Å². The van der Waals surface area contributed by atoms with Gasteiger partial charge in [-0.25, -0.2) is 9.13 Å². The van der Waals surface area contributed by atoms with Gasteiger partial charge in [0.05, 0.1) is 26.4 Å². The van der Waals surface area contributed by atoms with E-state index in [1.165, 1.54) is 44.9 Å². The van der Waals surface area contributed by atoms with Crippen molar-refractivity contribution in [3.63, 3.8) is 0 Å². The van der Waals surface area contributed by atoms with E-state index < -0.39 is 91.5 Å². The lowest BCUT2D eigenvalue weighted by Gasteiger charge is -2.21. The Morgan fingerprint density at radius 2 is 0.582 bits per heavy atom. The molecule has 0 saturated carbocycles. The van der Waals surface area contributed by atoms with Crippen molar-refractivity contribution in [2.45, 2.75) is 296 Å². The van der Waals surface area contributed by atoms with Crippen LogP contribution in [0.5, 0.6) is 0 Å². The summed E-state index contributed by atoms with van der Waals surface area (Å²) in [6.45, 7) is 2.48. The Hall–Kier alpha value is -3.79. The third-order valence-electron chi connectivity index (χ3n) is 14.5. The fraction of sp³-hybridized carbons (Fsp3) is 0.712. The Bertz CT molecular complexity index is 2100. The molecule has 0 spiro atoms. The first-order valence-corrected chi connectivity index (χ1v) is 38.2. The Morgan fingerprint density at radius 1 is 0.319 bits per heavy atom. The smallest absolute Gasteiger partial charge is 0.463 e. The lowest BCUT2D eigenvalue weighted by atomic mass is 10.1. The number of ether oxygens (including phenoxy) is 3. The molecule has 91 heavy (non-hydrogen) atoms. The number of allylic oxidation sites excluding steroid dienone is 18. The maximum absolute atomic E-state index is 12.9. The van der Waals surface area contributed by atoms with Crippen LogP contribution in [0.25, 0.3) is 0 Å². The molecule has 0 bridgehead atoms. The Balaban J connectivity index is 4.62. The number of unbranched alkanes of at least 4 members (excludes halogenated alkanes) is 25. The van der Waals surface area contributed by atoms with Gasteiger partial charge in [-0.3, -0.25) is 32.5 Å². The van der Waals surface area contributed by atoms with Crippen LogP contribution < -0.4 is 0 Å². The minimum absolute atomic E-state index is 0.0903. The molecular weight excluding hydrogens is 1190 g/mol. The highest BCUT2D eigenvalue weighted by Crippen LogP contribution is 2.45. The van der Waals surface area contributed by atoms with Crippen molar-refractivity contribution in [2.24, 2.45) is 0 Å². The van der Waals surface area contributed by atoms with Crippen molar-refractivity contribution >= 4 is 33.6 Å². The summed E-state index contributed by atoms with van der Waals surface area (Å²) in [5.74, 6) is -1.61. The first-order valence-electron chi connectivity index (χ1n) is 35.2. The predicted octanol–water partition coefficient (Wildman–Crippen LogP) is 19.6. The normalized spacial score (nSPS) is 14.8. The Labute approximate surface area is 551 Å². The molecule has 0 aromatic carbocycles. The number of phosphoric ester groups is 2. The highest BCUT2D eigenvalue weighted by Gasteiger charge is 2.29. The largest absolute Gasteiger partial charge is 0.472 e. The van der Waals surface area contributed by atoms with E-state index in [4.69, 9.17) is 32.3 Å². The molecule has 4 N–H and O–H groups in total. The average molecular weight is 1320 g/mol. The zero-order valence-corrected chi connectivity index (χ0v) is 58.5. The van der Waals surface area contributed by atoms with E-state index in [0.29, 0.717) is 19.3 Å². The summed E-state index contributed by atoms with van der Waals surface area (Å²) in [5, 5.41) is 20.6. The molecule has 18 heteroatoms. The van der Waals surface area contributed by atoms with Crippen molar-refractivity contribution < 1.29 is 75.8 Å². The monoisotopic (exact) mass is 1320 g/mol. The van der Waals surface area contributed by atoms with E-state index in [9.17, 15) is 43.5 Å². The van der Waals surface area contributed by atoms with Gasteiger partial charge in [-0.15, -0.1) is 0 Å². The molecule has 0 aliphatic heterocycles. The number of carbonyl (C=O) groups is 3. The van der Waals surface area contributed by atoms with Gasteiger partial charge in [-0.1, -0.05) is 239 Å². The Kier molecular flexibility index (Phi) is 63.5. The number of hydrogen-bond donors (Lipinski definition) is 4. The van der Waals surface area contributed by atoms with Crippen LogP contribution in [-0.4, -0.2) is 95.9 Å². The molecule has 5 unspecified atom stereocenters. The van der Waals surface area contributed by atoms with Gasteiger partial charge in [-0.05, 0) is 128 Å². The zero-order valence-electron chi connectivity index (χ0n) is 56.7. The SMILES string of the molecule is CC/C=C\C/C=C\C/C=C\C/C=C\C/C=C\CCCCCCCCCC(=O)OCC(O)COP(=O)(O)OCC(O)COP(=O)(O)OCC(COC(=O)CCCCCCCC/C=C\C/C=C\C/C=C\CCCCC)OC(=O)CCCCCCC/C=C\CCCCCC. The minimum Gasteiger partial charge on any atom is -0.463 e. The molecule has 0 amide bonds. The first-order chi connectivity index (χ1) is 44.2. The van der Waals surface area contributed by atoms with Crippen LogP contribution in [0.1, 0.15) is 278 Å². The number of esters is 3. The molecule has 0 aromatic heterocycles. The van der Waals surface area contributed by atoms with Gasteiger partial charge in [0.2, 0.25) is 0 Å². The van der Waals surface area contributed by atoms with Crippen molar-refractivity contribution in [3.8, 4) is 0 Å². The van der Waals surface area contributed by atoms with Crippen LogP contribution in [0.2, 0.25) is 0 Å². The molecule has 0 saturated heterocycles. The van der Waals surface area contributed by atoms with E-state index in [1.54, 1.807) is 0 Å².